The number of halogens is 3. The first kappa shape index (κ1) is 18.9. The Morgan fingerprint density at radius 2 is 1.93 bits per heavy atom. The maximum Gasteiger partial charge on any atom is 0.416 e. The lowest BCUT2D eigenvalue weighted by atomic mass is 9.98. The number of ether oxygens (including phenoxy) is 1. The lowest BCUT2D eigenvalue weighted by Crippen LogP contribution is -2.18. The van der Waals surface area contributed by atoms with E-state index in [4.69, 9.17) is 14.9 Å². The normalized spacial score (nSPS) is 17.9. The van der Waals surface area contributed by atoms with E-state index in [1.165, 1.54) is 18.2 Å². The second-order valence-electron chi connectivity index (χ2n) is 6.56. The zero-order chi connectivity index (χ0) is 20.6. The van der Waals surface area contributed by atoms with Crippen molar-refractivity contribution in [3.63, 3.8) is 0 Å². The fourth-order valence-electron chi connectivity index (χ4n) is 3.22. The standard InChI is InChI=1S/C21H15F3N2O3/c22-21(23,24)14-9-10-15-18(11-14)29-17-4-2-1-3-16(17)25-19(15)12-5-7-13(8-6-12)20(27)26-28/h1-2,4-11,16,28H,3H2,(H,26,27). The van der Waals surface area contributed by atoms with Crippen LogP contribution < -0.4 is 10.2 Å². The topological polar surface area (TPSA) is 70.9 Å². The van der Waals surface area contributed by atoms with E-state index in [1.54, 1.807) is 29.8 Å². The maximum absolute atomic E-state index is 13.2. The number of amides is 1. The van der Waals surface area contributed by atoms with Crippen LogP contribution in [0.4, 0.5) is 13.2 Å². The number of alkyl halides is 3. The minimum absolute atomic E-state index is 0.0693. The van der Waals surface area contributed by atoms with E-state index in [0.717, 1.165) is 12.1 Å². The van der Waals surface area contributed by atoms with Gasteiger partial charge >= 0.3 is 6.18 Å². The van der Waals surface area contributed by atoms with E-state index in [1.807, 2.05) is 6.08 Å². The van der Waals surface area contributed by atoms with Gasteiger partial charge in [0, 0.05) is 16.7 Å². The van der Waals surface area contributed by atoms with Crippen molar-refractivity contribution in [2.24, 2.45) is 4.99 Å². The molecule has 0 saturated heterocycles. The van der Waals surface area contributed by atoms with E-state index < -0.39 is 17.6 Å². The van der Waals surface area contributed by atoms with Gasteiger partial charge in [-0.25, -0.2) is 5.48 Å². The molecule has 4 rings (SSSR count). The minimum atomic E-state index is -4.50. The highest BCUT2D eigenvalue weighted by atomic mass is 19.4. The fourth-order valence-corrected chi connectivity index (χ4v) is 3.22. The van der Waals surface area contributed by atoms with Gasteiger partial charge in [0.2, 0.25) is 0 Å². The van der Waals surface area contributed by atoms with Crippen molar-refractivity contribution in [2.75, 3.05) is 0 Å². The summed E-state index contributed by atoms with van der Waals surface area (Å²) in [7, 11) is 0. The molecule has 0 spiro atoms. The Morgan fingerprint density at radius 3 is 2.62 bits per heavy atom. The molecule has 2 aromatic rings. The van der Waals surface area contributed by atoms with E-state index in [2.05, 4.69) is 0 Å². The van der Waals surface area contributed by atoms with Crippen LogP contribution in [-0.2, 0) is 6.18 Å². The van der Waals surface area contributed by atoms with Crippen LogP contribution in [0.2, 0.25) is 0 Å². The number of rotatable bonds is 2. The number of hydrogen-bond acceptors (Lipinski definition) is 4. The molecule has 0 radical (unpaired) electrons. The summed E-state index contributed by atoms with van der Waals surface area (Å²) in [6.07, 6.45) is 1.44. The third-order valence-corrected chi connectivity index (χ3v) is 4.68. The average molecular weight is 400 g/mol. The Bertz CT molecular complexity index is 1050. The summed E-state index contributed by atoms with van der Waals surface area (Å²) in [5, 5.41) is 8.75. The molecular formula is C21H15F3N2O3. The van der Waals surface area contributed by atoms with Gasteiger partial charge in [0.05, 0.1) is 11.3 Å². The van der Waals surface area contributed by atoms with Crippen molar-refractivity contribution in [3.05, 3.63) is 88.7 Å². The van der Waals surface area contributed by atoms with Crippen LogP contribution in [0.25, 0.3) is 0 Å². The quantitative estimate of drug-likeness (QED) is 0.584. The number of nitrogens with zero attached hydrogens (tertiary/aromatic N) is 1. The summed E-state index contributed by atoms with van der Waals surface area (Å²) in [5.41, 5.74) is 2.48. The Hall–Kier alpha value is -3.39. The van der Waals surface area contributed by atoms with Gasteiger partial charge in [0.25, 0.3) is 5.91 Å². The lowest BCUT2D eigenvalue weighted by Gasteiger charge is -2.17. The highest BCUT2D eigenvalue weighted by molar-refractivity contribution is 6.15. The number of carbonyl (C=O) groups is 1. The number of carbonyl (C=O) groups excluding carboxylic acids is 1. The first-order chi connectivity index (χ1) is 13.9. The van der Waals surface area contributed by atoms with E-state index in [9.17, 15) is 18.0 Å². The Balaban J connectivity index is 1.84. The van der Waals surface area contributed by atoms with Crippen LogP contribution >= 0.6 is 0 Å². The molecule has 0 saturated carbocycles. The van der Waals surface area contributed by atoms with Crippen molar-refractivity contribution >= 4 is 11.6 Å². The summed E-state index contributed by atoms with van der Waals surface area (Å²) in [6.45, 7) is 0. The molecule has 1 aliphatic heterocycles. The zero-order valence-corrected chi connectivity index (χ0v) is 14.9. The predicted octanol–water partition coefficient (Wildman–Crippen LogP) is 4.27. The second kappa shape index (κ2) is 7.21. The molecule has 1 atom stereocenters. The molecule has 29 heavy (non-hydrogen) atoms. The first-order valence-corrected chi connectivity index (χ1v) is 8.75. The number of nitrogens with one attached hydrogen (secondary N) is 1. The lowest BCUT2D eigenvalue weighted by molar-refractivity contribution is -0.137. The van der Waals surface area contributed by atoms with Gasteiger partial charge in [0.15, 0.2) is 0 Å². The molecule has 2 aliphatic rings. The third kappa shape index (κ3) is 3.66. The summed E-state index contributed by atoms with van der Waals surface area (Å²) in [6, 6.07) is 9.18. The van der Waals surface area contributed by atoms with Gasteiger partial charge in [-0.2, -0.15) is 13.2 Å². The monoisotopic (exact) mass is 400 g/mol. The molecule has 0 bridgehead atoms. The third-order valence-electron chi connectivity index (χ3n) is 4.68. The molecular weight excluding hydrogens is 385 g/mol. The predicted molar refractivity (Wildman–Crippen MR) is 99.0 cm³/mol. The average Bonchev–Trinajstić information content (AvgIpc) is 2.88. The molecule has 2 aromatic carbocycles. The van der Waals surface area contributed by atoms with E-state index in [-0.39, 0.29) is 17.4 Å². The molecule has 5 nitrogen and oxygen atoms in total. The molecule has 1 aliphatic carbocycles. The van der Waals surface area contributed by atoms with Crippen LogP contribution in [0, 0.1) is 0 Å². The molecule has 1 heterocycles. The summed E-state index contributed by atoms with van der Waals surface area (Å²) in [5.74, 6) is -0.125. The molecule has 148 valence electrons. The van der Waals surface area contributed by atoms with Crippen LogP contribution in [0.15, 0.2) is 71.4 Å². The largest absolute Gasteiger partial charge is 0.459 e. The van der Waals surface area contributed by atoms with Crippen molar-refractivity contribution in [3.8, 4) is 5.75 Å². The SMILES string of the molecule is O=C(NO)c1ccc(C2=NC3CC=CC=C3Oc3cc(C(F)(F)F)ccc32)cc1. The smallest absolute Gasteiger partial charge is 0.416 e. The summed E-state index contributed by atoms with van der Waals surface area (Å²) >= 11 is 0. The summed E-state index contributed by atoms with van der Waals surface area (Å²) < 4.78 is 45.4. The molecule has 2 N–H and O–H groups in total. The van der Waals surface area contributed by atoms with Gasteiger partial charge in [-0.15, -0.1) is 0 Å². The molecule has 1 unspecified atom stereocenters. The Kier molecular flexibility index (Phi) is 4.71. The minimum Gasteiger partial charge on any atom is -0.459 e. The fraction of sp³-hybridized carbons (Fsp3) is 0.143. The number of allylic oxidation sites excluding steroid dienone is 2. The second-order valence-corrected chi connectivity index (χ2v) is 6.56. The maximum atomic E-state index is 13.2. The van der Waals surface area contributed by atoms with Gasteiger partial charge in [-0.1, -0.05) is 24.3 Å². The van der Waals surface area contributed by atoms with E-state index >= 15 is 0 Å². The van der Waals surface area contributed by atoms with Crippen LogP contribution in [-0.4, -0.2) is 22.9 Å². The number of hydroxylamine groups is 1. The zero-order valence-electron chi connectivity index (χ0n) is 14.9. The number of fused-ring (bicyclic) bond motifs is 2. The van der Waals surface area contributed by atoms with Crippen molar-refractivity contribution in [1.29, 1.82) is 0 Å². The molecule has 0 aromatic heterocycles. The van der Waals surface area contributed by atoms with Crippen molar-refractivity contribution < 1.29 is 27.9 Å². The highest BCUT2D eigenvalue weighted by Crippen LogP contribution is 2.37. The Labute approximate surface area is 163 Å². The van der Waals surface area contributed by atoms with Gasteiger partial charge < -0.3 is 4.74 Å². The van der Waals surface area contributed by atoms with Crippen LogP contribution in [0.5, 0.6) is 5.75 Å². The number of benzene rings is 2. The molecule has 1 amide bonds. The highest BCUT2D eigenvalue weighted by Gasteiger charge is 2.33. The Morgan fingerprint density at radius 1 is 1.17 bits per heavy atom. The van der Waals surface area contributed by atoms with Gasteiger partial charge in [-0.05, 0) is 42.8 Å². The number of hydrogen-bond donors (Lipinski definition) is 2. The van der Waals surface area contributed by atoms with Crippen molar-refractivity contribution in [1.82, 2.24) is 5.48 Å². The van der Waals surface area contributed by atoms with Gasteiger partial charge in [0.1, 0.15) is 17.6 Å². The number of aliphatic imine (C=N–C) groups is 1. The van der Waals surface area contributed by atoms with E-state index in [0.29, 0.717) is 29.0 Å². The molecule has 0 fully saturated rings. The van der Waals surface area contributed by atoms with Crippen LogP contribution in [0.1, 0.15) is 33.5 Å². The first-order valence-electron chi connectivity index (χ1n) is 8.75. The van der Waals surface area contributed by atoms with Crippen LogP contribution in [0.3, 0.4) is 0 Å². The van der Waals surface area contributed by atoms with Crippen molar-refractivity contribution in [2.45, 2.75) is 18.6 Å². The molecule has 8 heteroatoms. The van der Waals surface area contributed by atoms with Gasteiger partial charge in [-0.3, -0.25) is 15.0 Å². The summed E-state index contributed by atoms with van der Waals surface area (Å²) in [4.78, 5) is 16.3.